The number of alkyl halides is 3. The molecule has 1 aliphatic carbocycles. The second kappa shape index (κ2) is 6.03. The summed E-state index contributed by atoms with van der Waals surface area (Å²) in [6, 6.07) is -1.02. The molecule has 0 aliphatic heterocycles. The van der Waals surface area contributed by atoms with Crippen LogP contribution in [0.1, 0.15) is 19.3 Å². The van der Waals surface area contributed by atoms with E-state index in [4.69, 9.17) is 5.11 Å². The summed E-state index contributed by atoms with van der Waals surface area (Å²) in [5.41, 5.74) is 0. The van der Waals surface area contributed by atoms with Gasteiger partial charge in [-0.3, -0.25) is 4.79 Å². The Kier molecular flexibility index (Phi) is 4.94. The zero-order valence-corrected chi connectivity index (χ0v) is 9.59. The predicted octanol–water partition coefficient (Wildman–Crippen LogP) is 0.508. The van der Waals surface area contributed by atoms with Gasteiger partial charge in [0.05, 0.1) is 13.1 Å². The van der Waals surface area contributed by atoms with E-state index in [9.17, 15) is 22.8 Å². The fourth-order valence-corrected chi connectivity index (χ4v) is 1.47. The molecule has 0 aromatic carbocycles. The quantitative estimate of drug-likeness (QED) is 0.628. The van der Waals surface area contributed by atoms with Crippen molar-refractivity contribution < 1.29 is 27.9 Å². The van der Waals surface area contributed by atoms with Crippen LogP contribution in [-0.2, 0) is 9.59 Å². The standard InChI is InChI=1S/C10H15F3N2O3/c11-10(12,13)5-14-4-8(16)15-7(9(17)18)3-6-1-2-6/h6-7,14H,1-5H2,(H,15,16)(H,17,18)/t7-/m0/s1. The molecule has 0 aromatic rings. The van der Waals surface area contributed by atoms with Crippen molar-refractivity contribution in [3.8, 4) is 0 Å². The van der Waals surface area contributed by atoms with Gasteiger partial charge in [0.2, 0.25) is 5.91 Å². The van der Waals surface area contributed by atoms with Gasteiger partial charge in [0, 0.05) is 0 Å². The lowest BCUT2D eigenvalue weighted by Crippen LogP contribution is -2.46. The Labute approximate surface area is 102 Å². The number of carbonyl (C=O) groups is 2. The molecule has 104 valence electrons. The molecule has 18 heavy (non-hydrogen) atoms. The number of carbonyl (C=O) groups excluding carboxylic acids is 1. The van der Waals surface area contributed by atoms with E-state index in [1.54, 1.807) is 0 Å². The van der Waals surface area contributed by atoms with E-state index in [0.29, 0.717) is 12.3 Å². The minimum absolute atomic E-state index is 0.300. The molecule has 8 heteroatoms. The third kappa shape index (κ3) is 6.43. The lowest BCUT2D eigenvalue weighted by Gasteiger charge is -2.14. The van der Waals surface area contributed by atoms with Crippen LogP contribution in [0.2, 0.25) is 0 Å². The normalized spacial score (nSPS) is 17.3. The number of nitrogens with one attached hydrogen (secondary N) is 2. The Morgan fingerprint density at radius 2 is 1.94 bits per heavy atom. The van der Waals surface area contributed by atoms with Crippen LogP contribution in [0.15, 0.2) is 0 Å². The van der Waals surface area contributed by atoms with Gasteiger partial charge in [0.15, 0.2) is 0 Å². The molecule has 5 nitrogen and oxygen atoms in total. The Hall–Kier alpha value is -1.31. The average Bonchev–Trinajstić information content (AvgIpc) is 2.98. The highest BCUT2D eigenvalue weighted by Gasteiger charge is 2.30. The molecule has 1 fully saturated rings. The molecule has 1 saturated carbocycles. The molecule has 3 N–H and O–H groups in total. The zero-order valence-electron chi connectivity index (χ0n) is 9.59. The monoisotopic (exact) mass is 268 g/mol. The number of amides is 1. The van der Waals surface area contributed by atoms with Gasteiger partial charge in [-0.15, -0.1) is 0 Å². The first-order valence-electron chi connectivity index (χ1n) is 5.57. The van der Waals surface area contributed by atoms with Gasteiger partial charge in [0.25, 0.3) is 0 Å². The molecule has 1 atom stereocenters. The largest absolute Gasteiger partial charge is 0.480 e. The highest BCUT2D eigenvalue weighted by Crippen LogP contribution is 2.33. The van der Waals surface area contributed by atoms with Gasteiger partial charge >= 0.3 is 12.1 Å². The number of halogens is 3. The van der Waals surface area contributed by atoms with E-state index in [1.165, 1.54) is 0 Å². The van der Waals surface area contributed by atoms with Gasteiger partial charge < -0.3 is 15.7 Å². The molecule has 0 aromatic heterocycles. The van der Waals surface area contributed by atoms with Crippen LogP contribution < -0.4 is 10.6 Å². The Bertz CT molecular complexity index is 316. The third-order valence-corrected chi connectivity index (χ3v) is 2.51. The van der Waals surface area contributed by atoms with Crippen LogP contribution >= 0.6 is 0 Å². The van der Waals surface area contributed by atoms with Crippen LogP contribution in [0.4, 0.5) is 13.2 Å². The summed E-state index contributed by atoms with van der Waals surface area (Å²) in [6.45, 7) is -1.82. The molecule has 1 rings (SSSR count). The molecule has 0 heterocycles. The van der Waals surface area contributed by atoms with Crippen molar-refractivity contribution in [3.05, 3.63) is 0 Å². The van der Waals surface area contributed by atoms with Crippen molar-refractivity contribution in [3.63, 3.8) is 0 Å². The maximum absolute atomic E-state index is 11.8. The highest BCUT2D eigenvalue weighted by molar-refractivity contribution is 5.84. The van der Waals surface area contributed by atoms with Crippen molar-refractivity contribution in [1.82, 2.24) is 10.6 Å². The van der Waals surface area contributed by atoms with Crippen LogP contribution in [0.25, 0.3) is 0 Å². The van der Waals surface area contributed by atoms with E-state index in [2.05, 4.69) is 5.32 Å². The molecular weight excluding hydrogens is 253 g/mol. The number of aliphatic carboxylic acids is 1. The zero-order chi connectivity index (χ0) is 13.8. The van der Waals surface area contributed by atoms with E-state index < -0.39 is 37.2 Å². The van der Waals surface area contributed by atoms with Crippen LogP contribution in [0.3, 0.4) is 0 Å². The third-order valence-electron chi connectivity index (χ3n) is 2.51. The van der Waals surface area contributed by atoms with Crippen molar-refractivity contribution in [1.29, 1.82) is 0 Å². The summed E-state index contributed by atoms with van der Waals surface area (Å²) in [5.74, 6) is -1.60. The molecule has 1 aliphatic rings. The summed E-state index contributed by atoms with van der Waals surface area (Å²) in [6.07, 6.45) is -2.18. The van der Waals surface area contributed by atoms with E-state index in [0.717, 1.165) is 12.8 Å². The van der Waals surface area contributed by atoms with Gasteiger partial charge in [-0.2, -0.15) is 13.2 Å². The lowest BCUT2D eigenvalue weighted by atomic mass is 10.1. The van der Waals surface area contributed by atoms with Gasteiger partial charge in [-0.05, 0) is 12.3 Å². The van der Waals surface area contributed by atoms with Gasteiger partial charge in [0.1, 0.15) is 6.04 Å². The van der Waals surface area contributed by atoms with Gasteiger partial charge in [-0.25, -0.2) is 4.79 Å². The first-order valence-corrected chi connectivity index (χ1v) is 5.57. The Balaban J connectivity index is 2.25. The fraction of sp³-hybridized carbons (Fsp3) is 0.800. The molecular formula is C10H15F3N2O3. The van der Waals surface area contributed by atoms with Crippen molar-refractivity contribution in [2.24, 2.45) is 5.92 Å². The number of rotatable bonds is 7. The molecule has 0 spiro atoms. The Morgan fingerprint density at radius 1 is 1.33 bits per heavy atom. The van der Waals surface area contributed by atoms with E-state index in [-0.39, 0.29) is 0 Å². The minimum atomic E-state index is -4.39. The smallest absolute Gasteiger partial charge is 0.401 e. The minimum Gasteiger partial charge on any atom is -0.480 e. The topological polar surface area (TPSA) is 78.4 Å². The van der Waals surface area contributed by atoms with Crippen LogP contribution in [0.5, 0.6) is 0 Å². The molecule has 0 bridgehead atoms. The number of hydrogen-bond acceptors (Lipinski definition) is 3. The summed E-state index contributed by atoms with van der Waals surface area (Å²) >= 11 is 0. The van der Waals surface area contributed by atoms with E-state index in [1.807, 2.05) is 5.32 Å². The first kappa shape index (κ1) is 14.7. The molecule has 1 amide bonds. The summed E-state index contributed by atoms with van der Waals surface area (Å²) in [4.78, 5) is 22.1. The van der Waals surface area contributed by atoms with Crippen molar-refractivity contribution in [2.75, 3.05) is 13.1 Å². The highest BCUT2D eigenvalue weighted by atomic mass is 19.4. The summed E-state index contributed by atoms with van der Waals surface area (Å²) in [7, 11) is 0. The molecule has 0 unspecified atom stereocenters. The summed E-state index contributed by atoms with van der Waals surface area (Å²) < 4.78 is 35.4. The van der Waals surface area contributed by atoms with Crippen molar-refractivity contribution >= 4 is 11.9 Å². The second-order valence-corrected chi connectivity index (χ2v) is 4.36. The fourth-order valence-electron chi connectivity index (χ4n) is 1.47. The number of hydrogen-bond donors (Lipinski definition) is 3. The predicted molar refractivity (Wildman–Crippen MR) is 55.8 cm³/mol. The summed E-state index contributed by atoms with van der Waals surface area (Å²) in [5, 5.41) is 13.0. The van der Waals surface area contributed by atoms with Crippen LogP contribution in [-0.4, -0.2) is 42.3 Å². The van der Waals surface area contributed by atoms with Crippen LogP contribution in [0, 0.1) is 5.92 Å². The van der Waals surface area contributed by atoms with E-state index >= 15 is 0 Å². The second-order valence-electron chi connectivity index (χ2n) is 4.36. The number of carboxylic acid groups (broad SMARTS) is 1. The van der Waals surface area contributed by atoms with Gasteiger partial charge in [-0.1, -0.05) is 12.8 Å². The maximum Gasteiger partial charge on any atom is 0.401 e. The average molecular weight is 268 g/mol. The lowest BCUT2D eigenvalue weighted by molar-refractivity contribution is -0.142. The maximum atomic E-state index is 11.8. The first-order chi connectivity index (χ1) is 8.28. The Morgan fingerprint density at radius 3 is 2.39 bits per heavy atom. The molecule has 0 radical (unpaired) electrons. The number of carboxylic acids is 1. The SMILES string of the molecule is O=C(CNCC(F)(F)F)N[C@@H](CC1CC1)C(=O)O. The molecule has 0 saturated heterocycles. The van der Waals surface area contributed by atoms with Crippen molar-refractivity contribution in [2.45, 2.75) is 31.5 Å².